The maximum Gasteiger partial charge on any atom is 0.289 e. The number of halogens is 1. The van der Waals surface area contributed by atoms with Crippen LogP contribution in [-0.2, 0) is 19.7 Å². The summed E-state index contributed by atoms with van der Waals surface area (Å²) in [5.41, 5.74) is 0.830. The third-order valence-corrected chi connectivity index (χ3v) is 4.16. The zero-order chi connectivity index (χ0) is 18.5. The quantitative estimate of drug-likeness (QED) is 0.628. The molecule has 136 valence electrons. The Hall–Kier alpha value is -2.73. The summed E-state index contributed by atoms with van der Waals surface area (Å²) in [5, 5.41) is 4.91. The fourth-order valence-electron chi connectivity index (χ4n) is 2.45. The van der Waals surface area contributed by atoms with E-state index in [-0.39, 0.29) is 18.3 Å². The average molecular weight is 374 g/mol. The van der Waals surface area contributed by atoms with Crippen LogP contribution in [0.3, 0.4) is 0 Å². The molecule has 7 heteroatoms. The van der Waals surface area contributed by atoms with Gasteiger partial charge in [0.1, 0.15) is 18.1 Å². The second kappa shape index (κ2) is 8.10. The fraction of sp³-hybridized carbons (Fsp3) is 0.263. The van der Waals surface area contributed by atoms with E-state index in [0.717, 1.165) is 12.2 Å². The van der Waals surface area contributed by atoms with Crippen LogP contribution >= 0.6 is 11.6 Å². The minimum atomic E-state index is -0.208. The van der Waals surface area contributed by atoms with E-state index in [1.54, 1.807) is 36.2 Å². The van der Waals surface area contributed by atoms with Crippen molar-refractivity contribution in [3.05, 3.63) is 70.9 Å². The molecule has 0 bridgehead atoms. The molecule has 0 radical (unpaired) electrons. The largest absolute Gasteiger partial charge is 0.484 e. The molecule has 0 fully saturated rings. The van der Waals surface area contributed by atoms with E-state index in [1.165, 1.54) is 0 Å². The number of para-hydroxylation sites is 1. The number of ether oxygens (including phenoxy) is 1. The standard InChI is InChI=1S/C19H20ClN3O3/c1-3-23-11-10-14(21-23)12-22(2)19(24)18-9-8-15(26-18)13-25-17-7-5-4-6-16(17)20/h4-11H,3,12-13H2,1-2H3. The van der Waals surface area contributed by atoms with Gasteiger partial charge >= 0.3 is 0 Å². The van der Waals surface area contributed by atoms with Crippen LogP contribution in [0.15, 0.2) is 53.1 Å². The maximum absolute atomic E-state index is 12.5. The van der Waals surface area contributed by atoms with E-state index >= 15 is 0 Å². The summed E-state index contributed by atoms with van der Waals surface area (Å²) in [6.07, 6.45) is 1.89. The van der Waals surface area contributed by atoms with E-state index < -0.39 is 0 Å². The van der Waals surface area contributed by atoms with Gasteiger partial charge in [0.25, 0.3) is 5.91 Å². The number of aryl methyl sites for hydroxylation is 1. The van der Waals surface area contributed by atoms with Crippen LogP contribution in [0.1, 0.15) is 28.9 Å². The lowest BCUT2D eigenvalue weighted by Crippen LogP contribution is -2.26. The van der Waals surface area contributed by atoms with Gasteiger partial charge in [0, 0.05) is 19.8 Å². The van der Waals surface area contributed by atoms with E-state index in [1.807, 2.05) is 36.0 Å². The highest BCUT2D eigenvalue weighted by atomic mass is 35.5. The number of aromatic nitrogens is 2. The van der Waals surface area contributed by atoms with Crippen molar-refractivity contribution >= 4 is 17.5 Å². The summed E-state index contributed by atoms with van der Waals surface area (Å²) in [6.45, 7) is 3.42. The zero-order valence-corrected chi connectivity index (χ0v) is 15.4. The molecular weight excluding hydrogens is 354 g/mol. The zero-order valence-electron chi connectivity index (χ0n) is 14.7. The van der Waals surface area contributed by atoms with Gasteiger partial charge in [-0.05, 0) is 37.3 Å². The number of rotatable bonds is 7. The SMILES string of the molecule is CCn1ccc(CN(C)C(=O)c2ccc(COc3ccccc3Cl)o2)n1. The first-order valence-electron chi connectivity index (χ1n) is 8.30. The van der Waals surface area contributed by atoms with Gasteiger partial charge < -0.3 is 14.1 Å². The number of carbonyl (C=O) groups excluding carboxylic acids is 1. The van der Waals surface area contributed by atoms with Gasteiger partial charge in [0.2, 0.25) is 0 Å². The van der Waals surface area contributed by atoms with Crippen molar-refractivity contribution in [1.82, 2.24) is 14.7 Å². The van der Waals surface area contributed by atoms with Crippen molar-refractivity contribution in [3.8, 4) is 5.75 Å². The lowest BCUT2D eigenvalue weighted by atomic mass is 10.3. The Morgan fingerprint density at radius 3 is 2.81 bits per heavy atom. The Balaban J connectivity index is 1.59. The van der Waals surface area contributed by atoms with Crippen LogP contribution in [0.2, 0.25) is 5.02 Å². The molecular formula is C19H20ClN3O3. The molecule has 1 amide bonds. The molecule has 6 nitrogen and oxygen atoms in total. The van der Waals surface area contributed by atoms with Crippen molar-refractivity contribution in [2.75, 3.05) is 7.05 Å². The Bertz CT molecular complexity index is 888. The Labute approximate surface area is 156 Å². The Morgan fingerprint density at radius 1 is 1.27 bits per heavy atom. The number of hydrogen-bond acceptors (Lipinski definition) is 4. The highest BCUT2D eigenvalue weighted by Gasteiger charge is 2.17. The predicted molar refractivity (Wildman–Crippen MR) is 98.2 cm³/mol. The smallest absolute Gasteiger partial charge is 0.289 e. The fourth-order valence-corrected chi connectivity index (χ4v) is 2.64. The second-order valence-corrected chi connectivity index (χ2v) is 6.22. The summed E-state index contributed by atoms with van der Waals surface area (Å²) in [4.78, 5) is 14.1. The van der Waals surface area contributed by atoms with Crippen LogP contribution in [0, 0.1) is 0 Å². The molecule has 0 saturated carbocycles. The molecule has 0 N–H and O–H groups in total. The summed E-state index contributed by atoms with van der Waals surface area (Å²) >= 11 is 6.05. The molecule has 0 saturated heterocycles. The predicted octanol–water partition coefficient (Wildman–Crippen LogP) is 4.00. The van der Waals surface area contributed by atoms with Crippen molar-refractivity contribution in [3.63, 3.8) is 0 Å². The molecule has 0 atom stereocenters. The molecule has 0 aliphatic heterocycles. The number of furan rings is 1. The van der Waals surface area contributed by atoms with Crippen molar-refractivity contribution in [1.29, 1.82) is 0 Å². The summed E-state index contributed by atoms with van der Waals surface area (Å²) in [7, 11) is 1.72. The van der Waals surface area contributed by atoms with E-state index in [9.17, 15) is 4.79 Å². The molecule has 0 aliphatic carbocycles. The third kappa shape index (κ3) is 4.26. The minimum absolute atomic E-state index is 0.196. The Kier molecular flexibility index (Phi) is 5.63. The molecule has 0 unspecified atom stereocenters. The molecule has 2 heterocycles. The molecule has 0 spiro atoms. The molecule has 26 heavy (non-hydrogen) atoms. The van der Waals surface area contributed by atoms with Crippen molar-refractivity contribution in [2.24, 2.45) is 0 Å². The number of amides is 1. The van der Waals surface area contributed by atoms with Crippen molar-refractivity contribution in [2.45, 2.75) is 26.6 Å². The van der Waals surface area contributed by atoms with Crippen LogP contribution in [-0.4, -0.2) is 27.6 Å². The highest BCUT2D eigenvalue weighted by molar-refractivity contribution is 6.32. The minimum Gasteiger partial charge on any atom is -0.484 e. The highest BCUT2D eigenvalue weighted by Crippen LogP contribution is 2.24. The van der Waals surface area contributed by atoms with Gasteiger partial charge in [0.15, 0.2) is 5.76 Å². The topological polar surface area (TPSA) is 60.5 Å². The molecule has 0 aliphatic rings. The third-order valence-electron chi connectivity index (χ3n) is 3.84. The average Bonchev–Trinajstić information content (AvgIpc) is 3.29. The number of benzene rings is 1. The molecule has 2 aromatic heterocycles. The van der Waals surface area contributed by atoms with Crippen molar-refractivity contribution < 1.29 is 13.9 Å². The number of hydrogen-bond donors (Lipinski definition) is 0. The first-order valence-corrected chi connectivity index (χ1v) is 8.68. The second-order valence-electron chi connectivity index (χ2n) is 5.81. The van der Waals surface area contributed by atoms with Crippen LogP contribution in [0.4, 0.5) is 0 Å². The summed E-state index contributed by atoms with van der Waals surface area (Å²) in [6, 6.07) is 12.5. The van der Waals surface area contributed by atoms with Gasteiger partial charge in [-0.3, -0.25) is 9.48 Å². The lowest BCUT2D eigenvalue weighted by molar-refractivity contribution is 0.0747. The van der Waals surface area contributed by atoms with E-state index in [4.69, 9.17) is 20.8 Å². The normalized spacial score (nSPS) is 10.7. The van der Waals surface area contributed by atoms with Gasteiger partial charge in [-0.1, -0.05) is 23.7 Å². The Morgan fingerprint density at radius 2 is 2.08 bits per heavy atom. The summed E-state index contributed by atoms with van der Waals surface area (Å²) < 4.78 is 13.1. The number of carbonyl (C=O) groups is 1. The first-order chi connectivity index (χ1) is 12.6. The van der Waals surface area contributed by atoms with Crippen LogP contribution in [0.25, 0.3) is 0 Å². The monoisotopic (exact) mass is 373 g/mol. The van der Waals surface area contributed by atoms with Gasteiger partial charge in [0.05, 0.1) is 17.3 Å². The van der Waals surface area contributed by atoms with Gasteiger partial charge in [-0.2, -0.15) is 5.10 Å². The van der Waals surface area contributed by atoms with Crippen LogP contribution < -0.4 is 4.74 Å². The lowest BCUT2D eigenvalue weighted by Gasteiger charge is -2.14. The van der Waals surface area contributed by atoms with Crippen LogP contribution in [0.5, 0.6) is 5.75 Å². The molecule has 3 aromatic rings. The van der Waals surface area contributed by atoms with E-state index in [0.29, 0.717) is 23.1 Å². The van der Waals surface area contributed by atoms with E-state index in [2.05, 4.69) is 5.10 Å². The number of nitrogens with zero attached hydrogens (tertiary/aromatic N) is 3. The molecule has 1 aromatic carbocycles. The van der Waals surface area contributed by atoms with Gasteiger partial charge in [-0.25, -0.2) is 0 Å². The molecule has 3 rings (SSSR count). The maximum atomic E-state index is 12.5. The first kappa shape index (κ1) is 18.1. The summed E-state index contributed by atoms with van der Waals surface area (Å²) in [5.74, 6) is 1.18. The van der Waals surface area contributed by atoms with Gasteiger partial charge in [-0.15, -0.1) is 0 Å².